The molecule has 0 bridgehead atoms. The number of nitrogens with zero attached hydrogens (tertiary/aromatic N) is 5. The van der Waals surface area contributed by atoms with Gasteiger partial charge in [0.1, 0.15) is 12.5 Å². The third-order valence-corrected chi connectivity index (χ3v) is 10.3. The summed E-state index contributed by atoms with van der Waals surface area (Å²) in [4.78, 5) is 24.3. The van der Waals surface area contributed by atoms with E-state index in [2.05, 4.69) is 52.1 Å². The predicted octanol–water partition coefficient (Wildman–Crippen LogP) is 5.16. The predicted molar refractivity (Wildman–Crippen MR) is 176 cm³/mol. The van der Waals surface area contributed by atoms with Crippen LogP contribution in [0.4, 0.5) is 0 Å². The van der Waals surface area contributed by atoms with Gasteiger partial charge < -0.3 is 19.9 Å². The topological polar surface area (TPSA) is 115 Å². The molecule has 4 aromatic rings. The van der Waals surface area contributed by atoms with E-state index in [0.717, 1.165) is 60.1 Å². The number of piperidine rings is 1. The highest BCUT2D eigenvalue weighted by Gasteiger charge is 2.59. The molecule has 2 fully saturated rings. The van der Waals surface area contributed by atoms with Crippen LogP contribution in [0.5, 0.6) is 11.6 Å². The van der Waals surface area contributed by atoms with Crippen LogP contribution in [-0.4, -0.2) is 75.6 Å². The summed E-state index contributed by atoms with van der Waals surface area (Å²) in [6.45, 7) is 14.5. The summed E-state index contributed by atoms with van der Waals surface area (Å²) in [5.41, 5.74) is 2.93. The van der Waals surface area contributed by atoms with Crippen molar-refractivity contribution in [3.8, 4) is 22.9 Å². The standard InChI is InChI=1S/C34H44N6O4Si/c1-34(2,42)21-36-33(41)32-27-19-39(20-28(27)32)18-25-8-6-23-16-26(9-10-29(23)38-25)44-31-11-7-24(17-35-31)30-12-13-37-40(30)22-43-14-15-45(3,4)5/h6-13,16-17,27-28,32,42H,14-15,18-22H2,1-5H3,(H,36,41)/t27-,28+,32+. The lowest BCUT2D eigenvalue weighted by Crippen LogP contribution is -2.40. The van der Waals surface area contributed by atoms with E-state index < -0.39 is 13.7 Å². The third kappa shape index (κ3) is 7.96. The Morgan fingerprint density at radius 2 is 1.89 bits per heavy atom. The maximum atomic E-state index is 12.5. The van der Waals surface area contributed by atoms with Gasteiger partial charge >= 0.3 is 0 Å². The van der Waals surface area contributed by atoms with E-state index in [1.54, 1.807) is 26.2 Å². The normalized spacial score (nSPS) is 19.9. The average Bonchev–Trinajstić information content (AvgIpc) is 3.28. The number of hydrogen-bond donors (Lipinski definition) is 2. The molecule has 11 heteroatoms. The lowest BCUT2D eigenvalue weighted by atomic mass is 10.1. The van der Waals surface area contributed by atoms with Gasteiger partial charge in [-0.25, -0.2) is 9.67 Å². The number of aromatic nitrogens is 4. The van der Waals surface area contributed by atoms with Crippen LogP contribution < -0.4 is 10.1 Å². The first-order valence-corrected chi connectivity index (χ1v) is 19.5. The first-order chi connectivity index (χ1) is 21.4. The summed E-state index contributed by atoms with van der Waals surface area (Å²) in [5, 5.41) is 18.2. The molecule has 1 saturated carbocycles. The van der Waals surface area contributed by atoms with Crippen LogP contribution in [0.3, 0.4) is 0 Å². The van der Waals surface area contributed by atoms with E-state index in [1.807, 2.05) is 41.1 Å². The van der Waals surface area contributed by atoms with Gasteiger partial charge in [0.05, 0.1) is 22.5 Å². The monoisotopic (exact) mass is 628 g/mol. The SMILES string of the molecule is CC(C)(O)CNC(=O)[C@H]1[C@@H]2CN(Cc3ccc4cc(Oc5ccc(-c6ccnn6COCC[Si](C)(C)C)cn5)ccc4n3)C[C@@H]21. The highest BCUT2D eigenvalue weighted by atomic mass is 28.3. The van der Waals surface area contributed by atoms with Crippen LogP contribution in [0.2, 0.25) is 25.7 Å². The van der Waals surface area contributed by atoms with Crippen molar-refractivity contribution in [1.82, 2.24) is 30.0 Å². The van der Waals surface area contributed by atoms with Crippen molar-refractivity contribution in [2.75, 3.05) is 26.2 Å². The first-order valence-electron chi connectivity index (χ1n) is 15.8. The molecule has 1 aliphatic heterocycles. The Bertz CT molecular complexity index is 1630. The van der Waals surface area contributed by atoms with Crippen molar-refractivity contribution >= 4 is 24.9 Å². The van der Waals surface area contributed by atoms with Crippen LogP contribution >= 0.6 is 0 Å². The molecule has 2 aliphatic rings. The quantitative estimate of drug-likeness (QED) is 0.154. The molecule has 238 valence electrons. The Hall–Kier alpha value is -3.64. The molecule has 1 amide bonds. The maximum Gasteiger partial charge on any atom is 0.223 e. The summed E-state index contributed by atoms with van der Waals surface area (Å²) in [7, 11) is -1.13. The first kappa shape index (κ1) is 31.3. The van der Waals surface area contributed by atoms with Crippen LogP contribution in [-0.2, 0) is 22.8 Å². The molecule has 0 radical (unpaired) electrons. The molecule has 10 nitrogen and oxygen atoms in total. The molecule has 6 rings (SSSR count). The number of hydrogen-bond acceptors (Lipinski definition) is 8. The number of carbonyl (C=O) groups excluding carboxylic acids is 1. The number of pyridine rings is 2. The molecule has 3 atom stereocenters. The summed E-state index contributed by atoms with van der Waals surface area (Å²) < 4.78 is 13.8. The van der Waals surface area contributed by atoms with Gasteiger partial charge in [-0.05, 0) is 68.1 Å². The van der Waals surface area contributed by atoms with Gasteiger partial charge in [-0.2, -0.15) is 5.10 Å². The van der Waals surface area contributed by atoms with E-state index in [9.17, 15) is 9.90 Å². The van der Waals surface area contributed by atoms with E-state index in [4.69, 9.17) is 14.5 Å². The van der Waals surface area contributed by atoms with Gasteiger partial charge in [0, 0.05) is 76.2 Å². The number of aliphatic hydroxyl groups is 1. The van der Waals surface area contributed by atoms with Crippen molar-refractivity contribution < 1.29 is 19.4 Å². The Kier molecular flexibility index (Phi) is 8.80. The van der Waals surface area contributed by atoms with Gasteiger partial charge in [-0.3, -0.25) is 14.7 Å². The Morgan fingerprint density at radius 1 is 1.09 bits per heavy atom. The molecule has 45 heavy (non-hydrogen) atoms. The molecule has 1 aliphatic carbocycles. The number of carbonyl (C=O) groups is 1. The minimum absolute atomic E-state index is 0.0702. The minimum Gasteiger partial charge on any atom is -0.439 e. The number of likely N-dealkylation sites (tertiary alicyclic amines) is 1. The van der Waals surface area contributed by atoms with Gasteiger partial charge in [0.2, 0.25) is 11.8 Å². The molecule has 1 aromatic carbocycles. The van der Waals surface area contributed by atoms with Crippen LogP contribution in [0.15, 0.2) is 60.9 Å². The number of amides is 1. The number of nitrogens with one attached hydrogen (secondary N) is 1. The van der Waals surface area contributed by atoms with Crippen LogP contribution in [0, 0.1) is 17.8 Å². The van der Waals surface area contributed by atoms with Gasteiger partial charge in [-0.15, -0.1) is 0 Å². The maximum absolute atomic E-state index is 12.5. The van der Waals surface area contributed by atoms with Crippen LogP contribution in [0.1, 0.15) is 19.5 Å². The highest BCUT2D eigenvalue weighted by Crippen LogP contribution is 2.52. The van der Waals surface area contributed by atoms with Crippen molar-refractivity contribution in [2.45, 2.75) is 58.4 Å². The molecule has 0 unspecified atom stereocenters. The minimum atomic E-state index is -1.13. The fourth-order valence-electron chi connectivity index (χ4n) is 6.00. The smallest absolute Gasteiger partial charge is 0.223 e. The van der Waals surface area contributed by atoms with Crippen molar-refractivity contribution in [1.29, 1.82) is 0 Å². The van der Waals surface area contributed by atoms with E-state index >= 15 is 0 Å². The number of benzene rings is 1. The van der Waals surface area contributed by atoms with Crippen molar-refractivity contribution in [3.63, 3.8) is 0 Å². The summed E-state index contributed by atoms with van der Waals surface area (Å²) in [6, 6.07) is 17.0. The molecule has 0 spiro atoms. The fourth-order valence-corrected chi connectivity index (χ4v) is 6.76. The van der Waals surface area contributed by atoms with Crippen LogP contribution in [0.25, 0.3) is 22.2 Å². The second kappa shape index (κ2) is 12.6. The molecule has 1 saturated heterocycles. The van der Waals surface area contributed by atoms with Gasteiger partial charge in [0.25, 0.3) is 0 Å². The summed E-state index contributed by atoms with van der Waals surface area (Å²) in [6.07, 6.45) is 3.58. The molecular formula is C34H44N6O4Si. The zero-order valence-corrected chi connectivity index (χ0v) is 27.9. The van der Waals surface area contributed by atoms with E-state index in [-0.39, 0.29) is 18.4 Å². The van der Waals surface area contributed by atoms with Crippen molar-refractivity contribution in [3.05, 3.63) is 66.6 Å². The largest absolute Gasteiger partial charge is 0.439 e. The van der Waals surface area contributed by atoms with Gasteiger partial charge in [0.15, 0.2) is 0 Å². The molecular weight excluding hydrogens is 584 g/mol. The number of rotatable bonds is 13. The average molecular weight is 629 g/mol. The highest BCUT2D eigenvalue weighted by molar-refractivity contribution is 6.76. The van der Waals surface area contributed by atoms with Gasteiger partial charge in [-0.1, -0.05) is 25.7 Å². The lowest BCUT2D eigenvalue weighted by molar-refractivity contribution is -0.124. The molecule has 2 N–H and O–H groups in total. The number of ether oxygens (including phenoxy) is 2. The summed E-state index contributed by atoms with van der Waals surface area (Å²) >= 11 is 0. The Labute approximate surface area is 265 Å². The molecule has 4 heterocycles. The number of fused-ring (bicyclic) bond motifs is 2. The fraction of sp³-hybridized carbons (Fsp3) is 0.471. The third-order valence-electron chi connectivity index (χ3n) is 8.55. The molecule has 3 aromatic heterocycles. The second-order valence-corrected chi connectivity index (χ2v) is 19.9. The van der Waals surface area contributed by atoms with E-state index in [0.29, 0.717) is 30.2 Å². The second-order valence-electron chi connectivity index (χ2n) is 14.3. The Morgan fingerprint density at radius 3 is 2.60 bits per heavy atom. The Balaban J connectivity index is 1.01. The van der Waals surface area contributed by atoms with E-state index in [1.165, 1.54) is 0 Å². The van der Waals surface area contributed by atoms with Crippen molar-refractivity contribution in [2.24, 2.45) is 17.8 Å². The zero-order valence-electron chi connectivity index (χ0n) is 26.9. The zero-order chi connectivity index (χ0) is 31.8. The summed E-state index contributed by atoms with van der Waals surface area (Å²) in [5.74, 6) is 2.16. The lowest BCUT2D eigenvalue weighted by Gasteiger charge is -2.21.